The number of para-hydroxylation sites is 1. The topological polar surface area (TPSA) is 94.8 Å². The Labute approximate surface area is 167 Å². The highest BCUT2D eigenvalue weighted by molar-refractivity contribution is 5.98. The van der Waals surface area contributed by atoms with Crippen molar-refractivity contribution in [3.05, 3.63) is 71.4 Å². The molecule has 0 saturated carbocycles. The van der Waals surface area contributed by atoms with Gasteiger partial charge < -0.3 is 18.9 Å². The van der Waals surface area contributed by atoms with Crippen molar-refractivity contribution in [2.45, 2.75) is 20.0 Å². The van der Waals surface area contributed by atoms with Crippen molar-refractivity contribution in [2.24, 2.45) is 0 Å². The van der Waals surface area contributed by atoms with Gasteiger partial charge in [-0.05, 0) is 42.3 Å². The summed E-state index contributed by atoms with van der Waals surface area (Å²) in [6.45, 7) is 2.15. The summed E-state index contributed by atoms with van der Waals surface area (Å²) in [5, 5.41) is 3.74. The number of aromatic nitrogens is 2. The Balaban J connectivity index is 1.29. The first-order valence-corrected chi connectivity index (χ1v) is 9.17. The van der Waals surface area contributed by atoms with Gasteiger partial charge in [-0.2, -0.15) is 4.98 Å². The summed E-state index contributed by atoms with van der Waals surface area (Å²) < 4.78 is 15.6. The van der Waals surface area contributed by atoms with Gasteiger partial charge in [0.2, 0.25) is 11.7 Å². The number of anilines is 1. The van der Waals surface area contributed by atoms with Crippen LogP contribution >= 0.6 is 0 Å². The van der Waals surface area contributed by atoms with Crippen LogP contribution in [0.25, 0.3) is 0 Å². The van der Waals surface area contributed by atoms with Crippen molar-refractivity contribution in [1.82, 2.24) is 10.1 Å². The molecule has 0 atom stereocenters. The van der Waals surface area contributed by atoms with E-state index in [4.69, 9.17) is 14.0 Å². The van der Waals surface area contributed by atoms with Crippen molar-refractivity contribution in [1.29, 1.82) is 0 Å². The van der Waals surface area contributed by atoms with E-state index in [1.165, 1.54) is 0 Å². The Morgan fingerprint density at radius 1 is 1.14 bits per heavy atom. The Hall–Kier alpha value is -3.68. The van der Waals surface area contributed by atoms with E-state index < -0.39 is 5.97 Å². The molecule has 1 aliphatic rings. The van der Waals surface area contributed by atoms with Crippen LogP contribution in [0.1, 0.15) is 27.6 Å². The maximum atomic E-state index is 12.4. The number of nitrogens with zero attached hydrogens (tertiary/aromatic N) is 3. The van der Waals surface area contributed by atoms with Gasteiger partial charge in [-0.25, -0.2) is 4.79 Å². The highest BCUT2D eigenvalue weighted by atomic mass is 16.5. The summed E-state index contributed by atoms with van der Waals surface area (Å²) in [7, 11) is 0. The van der Waals surface area contributed by atoms with Crippen LogP contribution in [0.5, 0.6) is 5.75 Å². The van der Waals surface area contributed by atoms with Gasteiger partial charge in [0.15, 0.2) is 13.2 Å². The summed E-state index contributed by atoms with van der Waals surface area (Å²) in [4.78, 5) is 30.4. The Morgan fingerprint density at radius 3 is 2.69 bits per heavy atom. The molecule has 0 bridgehead atoms. The molecule has 8 heteroatoms. The SMILES string of the molecule is Cc1nc(COc2ccc(C(=O)OCC(=O)N3CCc4ccccc43)cc2)no1. The van der Waals surface area contributed by atoms with E-state index in [9.17, 15) is 9.59 Å². The van der Waals surface area contributed by atoms with Crippen molar-refractivity contribution >= 4 is 17.6 Å². The summed E-state index contributed by atoms with van der Waals surface area (Å²) >= 11 is 0. The van der Waals surface area contributed by atoms with Gasteiger partial charge in [-0.3, -0.25) is 4.79 Å². The largest absolute Gasteiger partial charge is 0.485 e. The molecule has 0 fully saturated rings. The molecular weight excluding hydrogens is 374 g/mol. The fourth-order valence-corrected chi connectivity index (χ4v) is 3.12. The first kappa shape index (κ1) is 18.7. The number of ether oxygens (including phenoxy) is 2. The number of esters is 1. The Bertz CT molecular complexity index is 1030. The molecule has 1 amide bonds. The summed E-state index contributed by atoms with van der Waals surface area (Å²) in [6.07, 6.45) is 0.806. The monoisotopic (exact) mass is 393 g/mol. The van der Waals surface area contributed by atoms with Gasteiger partial charge in [0.25, 0.3) is 5.91 Å². The molecule has 29 heavy (non-hydrogen) atoms. The number of benzene rings is 2. The summed E-state index contributed by atoms with van der Waals surface area (Å²) in [5.74, 6) is 0.653. The molecule has 8 nitrogen and oxygen atoms in total. The molecule has 4 rings (SSSR count). The van der Waals surface area contributed by atoms with Crippen LogP contribution in [0.4, 0.5) is 5.69 Å². The maximum absolute atomic E-state index is 12.4. The first-order chi connectivity index (χ1) is 14.1. The van der Waals surface area contributed by atoms with Gasteiger partial charge in [-0.1, -0.05) is 23.4 Å². The van der Waals surface area contributed by atoms with Crippen LogP contribution in [0, 0.1) is 6.92 Å². The van der Waals surface area contributed by atoms with E-state index in [0.29, 0.717) is 29.6 Å². The van der Waals surface area contributed by atoms with Crippen LogP contribution in [0.15, 0.2) is 53.1 Å². The lowest BCUT2D eigenvalue weighted by Gasteiger charge is -2.17. The molecule has 0 aliphatic carbocycles. The van der Waals surface area contributed by atoms with E-state index in [0.717, 1.165) is 17.7 Å². The molecule has 0 unspecified atom stereocenters. The molecule has 3 aromatic rings. The lowest BCUT2D eigenvalue weighted by Crippen LogP contribution is -2.33. The number of carbonyl (C=O) groups excluding carboxylic acids is 2. The molecule has 2 aromatic carbocycles. The minimum atomic E-state index is -0.564. The van der Waals surface area contributed by atoms with Crippen LogP contribution in [0.3, 0.4) is 0 Å². The summed E-state index contributed by atoms with van der Waals surface area (Å²) in [5.41, 5.74) is 2.34. The minimum Gasteiger partial charge on any atom is -0.485 e. The molecular formula is C21H19N3O5. The average molecular weight is 393 g/mol. The van der Waals surface area contributed by atoms with E-state index in [2.05, 4.69) is 10.1 Å². The zero-order valence-corrected chi connectivity index (χ0v) is 15.8. The number of fused-ring (bicyclic) bond motifs is 1. The maximum Gasteiger partial charge on any atom is 0.338 e. The van der Waals surface area contributed by atoms with E-state index >= 15 is 0 Å². The van der Waals surface area contributed by atoms with E-state index in [1.54, 1.807) is 36.1 Å². The van der Waals surface area contributed by atoms with Crippen LogP contribution < -0.4 is 9.64 Å². The van der Waals surface area contributed by atoms with Crippen LogP contribution in [-0.2, 0) is 22.6 Å². The molecule has 0 saturated heterocycles. The van der Waals surface area contributed by atoms with Gasteiger partial charge in [0.05, 0.1) is 5.56 Å². The second kappa shape index (κ2) is 8.14. The number of amides is 1. The van der Waals surface area contributed by atoms with Gasteiger partial charge in [0.1, 0.15) is 5.75 Å². The van der Waals surface area contributed by atoms with Crippen molar-refractivity contribution in [2.75, 3.05) is 18.1 Å². The predicted molar refractivity (Wildman–Crippen MR) is 103 cm³/mol. The molecule has 1 aliphatic heterocycles. The zero-order chi connectivity index (χ0) is 20.2. The second-order valence-electron chi connectivity index (χ2n) is 6.54. The quantitative estimate of drug-likeness (QED) is 0.594. The highest BCUT2D eigenvalue weighted by Gasteiger charge is 2.25. The molecule has 0 radical (unpaired) electrons. The number of hydrogen-bond acceptors (Lipinski definition) is 7. The number of carbonyl (C=O) groups is 2. The lowest BCUT2D eigenvalue weighted by atomic mass is 10.2. The third kappa shape index (κ3) is 4.26. The fraction of sp³-hybridized carbons (Fsp3) is 0.238. The third-order valence-corrected chi connectivity index (χ3v) is 4.54. The molecule has 1 aromatic heterocycles. The van der Waals surface area contributed by atoms with Crippen molar-refractivity contribution in [3.63, 3.8) is 0 Å². The van der Waals surface area contributed by atoms with E-state index in [-0.39, 0.29) is 19.1 Å². The Morgan fingerprint density at radius 2 is 1.93 bits per heavy atom. The Kier molecular flexibility index (Phi) is 5.24. The van der Waals surface area contributed by atoms with Crippen molar-refractivity contribution < 1.29 is 23.6 Å². The predicted octanol–water partition coefficient (Wildman–Crippen LogP) is 2.70. The normalized spacial score (nSPS) is 12.5. The average Bonchev–Trinajstić information content (AvgIpc) is 3.36. The van der Waals surface area contributed by atoms with E-state index in [1.807, 2.05) is 24.3 Å². The smallest absolute Gasteiger partial charge is 0.338 e. The number of rotatable bonds is 6. The molecule has 148 valence electrons. The van der Waals surface area contributed by atoms with Gasteiger partial charge >= 0.3 is 5.97 Å². The minimum absolute atomic E-state index is 0.160. The molecule has 0 spiro atoms. The van der Waals surface area contributed by atoms with Gasteiger partial charge in [0, 0.05) is 19.2 Å². The first-order valence-electron chi connectivity index (χ1n) is 9.17. The second-order valence-corrected chi connectivity index (χ2v) is 6.54. The number of aryl methyl sites for hydroxylation is 1. The van der Waals surface area contributed by atoms with Crippen LogP contribution in [0.2, 0.25) is 0 Å². The lowest BCUT2D eigenvalue weighted by molar-refractivity contribution is -0.121. The van der Waals surface area contributed by atoms with Crippen molar-refractivity contribution in [3.8, 4) is 5.75 Å². The molecule has 2 heterocycles. The summed E-state index contributed by atoms with van der Waals surface area (Å²) in [6, 6.07) is 14.2. The molecule has 0 N–H and O–H groups in total. The number of hydrogen-bond donors (Lipinski definition) is 0. The third-order valence-electron chi connectivity index (χ3n) is 4.54. The highest BCUT2D eigenvalue weighted by Crippen LogP contribution is 2.27. The van der Waals surface area contributed by atoms with Gasteiger partial charge in [-0.15, -0.1) is 0 Å². The fourth-order valence-electron chi connectivity index (χ4n) is 3.12. The zero-order valence-electron chi connectivity index (χ0n) is 15.8. The standard InChI is InChI=1S/C21H19N3O5/c1-14-22-19(23-29-14)12-27-17-8-6-16(7-9-17)21(26)28-13-20(25)24-11-10-15-4-2-3-5-18(15)24/h2-9H,10-13H2,1H3. The van der Waals surface area contributed by atoms with Crippen LogP contribution in [-0.4, -0.2) is 35.2 Å².